The lowest BCUT2D eigenvalue weighted by Gasteiger charge is -2.07. The highest BCUT2D eigenvalue weighted by molar-refractivity contribution is 5.84. The van der Waals surface area contributed by atoms with E-state index in [0.29, 0.717) is 0 Å². The maximum atomic E-state index is 10.7. The Labute approximate surface area is 54.3 Å². The SMILES string of the molecule is CC(C)C(=O)[C@@H](O)CO. The molecule has 9 heavy (non-hydrogen) atoms. The van der Waals surface area contributed by atoms with Crippen molar-refractivity contribution in [2.45, 2.75) is 20.0 Å². The van der Waals surface area contributed by atoms with Gasteiger partial charge in [-0.25, -0.2) is 0 Å². The third kappa shape index (κ3) is 2.58. The zero-order chi connectivity index (χ0) is 7.44. The molecule has 54 valence electrons. The van der Waals surface area contributed by atoms with Crippen molar-refractivity contribution in [3.05, 3.63) is 0 Å². The lowest BCUT2D eigenvalue weighted by atomic mass is 10.1. The average molecular weight is 132 g/mol. The van der Waals surface area contributed by atoms with Crippen LogP contribution in [0.5, 0.6) is 0 Å². The van der Waals surface area contributed by atoms with Gasteiger partial charge in [0.05, 0.1) is 6.61 Å². The van der Waals surface area contributed by atoms with Crippen molar-refractivity contribution in [1.82, 2.24) is 0 Å². The van der Waals surface area contributed by atoms with Gasteiger partial charge in [0.25, 0.3) is 0 Å². The molecule has 0 bridgehead atoms. The van der Waals surface area contributed by atoms with Gasteiger partial charge in [-0.3, -0.25) is 4.79 Å². The summed E-state index contributed by atoms with van der Waals surface area (Å²) in [6, 6.07) is 0. The first-order chi connectivity index (χ1) is 4.09. The number of hydrogen-bond acceptors (Lipinski definition) is 3. The van der Waals surface area contributed by atoms with Crippen LogP contribution >= 0.6 is 0 Å². The van der Waals surface area contributed by atoms with E-state index < -0.39 is 12.7 Å². The molecule has 0 radical (unpaired) electrons. The van der Waals surface area contributed by atoms with E-state index in [2.05, 4.69) is 0 Å². The van der Waals surface area contributed by atoms with Crippen LogP contribution in [0.3, 0.4) is 0 Å². The van der Waals surface area contributed by atoms with E-state index in [0.717, 1.165) is 0 Å². The fourth-order valence-electron chi connectivity index (χ4n) is 0.475. The molecule has 3 nitrogen and oxygen atoms in total. The number of ketones is 1. The highest BCUT2D eigenvalue weighted by Crippen LogP contribution is 1.97. The molecule has 0 aliphatic heterocycles. The topological polar surface area (TPSA) is 57.5 Å². The largest absolute Gasteiger partial charge is 0.393 e. The van der Waals surface area contributed by atoms with Crippen LogP contribution in [0.4, 0.5) is 0 Å². The zero-order valence-corrected chi connectivity index (χ0v) is 5.66. The summed E-state index contributed by atoms with van der Waals surface area (Å²) in [5.41, 5.74) is 0. The first-order valence-corrected chi connectivity index (χ1v) is 2.92. The Balaban J connectivity index is 3.73. The molecule has 0 saturated heterocycles. The highest BCUT2D eigenvalue weighted by Gasteiger charge is 2.16. The number of hydrogen-bond donors (Lipinski definition) is 2. The first-order valence-electron chi connectivity index (χ1n) is 2.92. The van der Waals surface area contributed by atoms with E-state index in [-0.39, 0.29) is 11.7 Å². The van der Waals surface area contributed by atoms with Gasteiger partial charge in [0.2, 0.25) is 0 Å². The number of carbonyl (C=O) groups excluding carboxylic acids is 1. The predicted molar refractivity (Wildman–Crippen MR) is 32.9 cm³/mol. The van der Waals surface area contributed by atoms with Crippen molar-refractivity contribution < 1.29 is 15.0 Å². The maximum absolute atomic E-state index is 10.7. The van der Waals surface area contributed by atoms with Gasteiger partial charge in [0.15, 0.2) is 5.78 Å². The average Bonchev–Trinajstić information content (AvgIpc) is 1.84. The first kappa shape index (κ1) is 8.59. The molecule has 0 saturated carbocycles. The van der Waals surface area contributed by atoms with Gasteiger partial charge in [-0.05, 0) is 0 Å². The number of rotatable bonds is 3. The van der Waals surface area contributed by atoms with Crippen molar-refractivity contribution in [3.8, 4) is 0 Å². The molecule has 0 fully saturated rings. The summed E-state index contributed by atoms with van der Waals surface area (Å²) in [5, 5.41) is 17.0. The van der Waals surface area contributed by atoms with Crippen LogP contribution in [0, 0.1) is 5.92 Å². The Bertz CT molecular complexity index is 98.5. The second-order valence-electron chi connectivity index (χ2n) is 2.26. The normalized spacial score (nSPS) is 13.9. The minimum Gasteiger partial charge on any atom is -0.393 e. The molecule has 0 unspecified atom stereocenters. The standard InChI is InChI=1S/C6H12O3/c1-4(2)6(9)5(8)3-7/h4-5,7-8H,3H2,1-2H3/t5-/m0/s1. The van der Waals surface area contributed by atoms with Crippen molar-refractivity contribution in [1.29, 1.82) is 0 Å². The summed E-state index contributed by atoms with van der Waals surface area (Å²) in [7, 11) is 0. The summed E-state index contributed by atoms with van der Waals surface area (Å²) in [6.45, 7) is 2.89. The molecule has 0 aromatic heterocycles. The van der Waals surface area contributed by atoms with Crippen LogP contribution in [0.1, 0.15) is 13.8 Å². The van der Waals surface area contributed by atoms with Crippen molar-refractivity contribution >= 4 is 5.78 Å². The van der Waals surface area contributed by atoms with Crippen molar-refractivity contribution in [2.75, 3.05) is 6.61 Å². The maximum Gasteiger partial charge on any atom is 0.166 e. The Kier molecular flexibility index (Phi) is 3.42. The minimum atomic E-state index is -1.19. The third-order valence-electron chi connectivity index (χ3n) is 1.07. The third-order valence-corrected chi connectivity index (χ3v) is 1.07. The lowest BCUT2D eigenvalue weighted by Crippen LogP contribution is -2.28. The van der Waals surface area contributed by atoms with Crippen LogP contribution < -0.4 is 0 Å². The Morgan fingerprint density at radius 1 is 1.56 bits per heavy atom. The van der Waals surface area contributed by atoms with Crippen LogP contribution in [-0.2, 0) is 4.79 Å². The second kappa shape index (κ2) is 3.58. The van der Waals surface area contributed by atoms with E-state index in [1.54, 1.807) is 13.8 Å². The molecule has 0 aliphatic carbocycles. The van der Waals surface area contributed by atoms with Gasteiger partial charge in [-0.2, -0.15) is 0 Å². The predicted octanol–water partition coefficient (Wildman–Crippen LogP) is -0.435. The molecule has 0 amide bonds. The van der Waals surface area contributed by atoms with Crippen molar-refractivity contribution in [3.63, 3.8) is 0 Å². The molecule has 0 aromatic carbocycles. The van der Waals surface area contributed by atoms with E-state index in [1.807, 2.05) is 0 Å². The van der Waals surface area contributed by atoms with E-state index >= 15 is 0 Å². The van der Waals surface area contributed by atoms with Crippen molar-refractivity contribution in [2.24, 2.45) is 5.92 Å². The van der Waals surface area contributed by atoms with Crippen LogP contribution in [0.15, 0.2) is 0 Å². The number of aliphatic hydroxyl groups excluding tert-OH is 2. The Morgan fingerprint density at radius 3 is 2.11 bits per heavy atom. The van der Waals surface area contributed by atoms with Gasteiger partial charge >= 0.3 is 0 Å². The second-order valence-corrected chi connectivity index (χ2v) is 2.26. The molecule has 0 aromatic rings. The summed E-state index contributed by atoms with van der Waals surface area (Å²) in [4.78, 5) is 10.7. The molecule has 0 spiro atoms. The van der Waals surface area contributed by atoms with Crippen LogP contribution in [0.2, 0.25) is 0 Å². The molecule has 0 aliphatic rings. The fraction of sp³-hybridized carbons (Fsp3) is 0.833. The molecule has 0 rings (SSSR count). The van der Waals surface area contributed by atoms with Gasteiger partial charge in [0.1, 0.15) is 6.10 Å². The number of Topliss-reactive ketones (excluding diaryl/α,β-unsaturated/α-hetero) is 1. The summed E-state index contributed by atoms with van der Waals surface area (Å²) >= 11 is 0. The van der Waals surface area contributed by atoms with E-state index in [1.165, 1.54) is 0 Å². The molecular weight excluding hydrogens is 120 g/mol. The zero-order valence-electron chi connectivity index (χ0n) is 5.66. The highest BCUT2D eigenvalue weighted by atomic mass is 16.3. The molecule has 1 atom stereocenters. The Hall–Kier alpha value is -0.410. The molecule has 0 heterocycles. The minimum absolute atomic E-state index is 0.202. The molecule has 2 N–H and O–H groups in total. The quantitative estimate of drug-likeness (QED) is 0.547. The summed E-state index contributed by atoms with van der Waals surface area (Å²) in [6.07, 6.45) is -1.19. The smallest absolute Gasteiger partial charge is 0.166 e. The van der Waals surface area contributed by atoms with Gasteiger partial charge in [-0.1, -0.05) is 13.8 Å². The number of carbonyl (C=O) groups is 1. The summed E-state index contributed by atoms with van der Waals surface area (Å²) < 4.78 is 0. The van der Waals surface area contributed by atoms with E-state index in [4.69, 9.17) is 10.2 Å². The van der Waals surface area contributed by atoms with Gasteiger partial charge < -0.3 is 10.2 Å². The fourth-order valence-corrected chi connectivity index (χ4v) is 0.475. The monoisotopic (exact) mass is 132 g/mol. The molecule has 3 heteroatoms. The lowest BCUT2D eigenvalue weighted by molar-refractivity contribution is -0.131. The van der Waals surface area contributed by atoms with Gasteiger partial charge in [-0.15, -0.1) is 0 Å². The van der Waals surface area contributed by atoms with Gasteiger partial charge in [0, 0.05) is 5.92 Å². The number of aliphatic hydroxyl groups is 2. The Morgan fingerprint density at radius 2 is 2.00 bits per heavy atom. The van der Waals surface area contributed by atoms with Crippen LogP contribution in [-0.4, -0.2) is 28.7 Å². The van der Waals surface area contributed by atoms with Crippen LogP contribution in [0.25, 0.3) is 0 Å². The van der Waals surface area contributed by atoms with E-state index in [9.17, 15) is 4.79 Å². The molecular formula is C6H12O3. The summed E-state index contributed by atoms with van der Waals surface area (Å²) in [5.74, 6) is -0.510.